The maximum atomic E-state index is 13.0. The highest BCUT2D eigenvalue weighted by Gasteiger charge is 2.22. The number of likely N-dealkylation sites (N-methyl/N-ethyl adjacent to an activating group) is 1. The molecule has 0 spiro atoms. The van der Waals surface area contributed by atoms with Crippen LogP contribution in [0.4, 0.5) is 0 Å². The molecule has 95 heavy (non-hydrogen) atoms. The van der Waals surface area contributed by atoms with Gasteiger partial charge in [-0.2, -0.15) is 0 Å². The van der Waals surface area contributed by atoms with Gasteiger partial charge >= 0.3 is 11.9 Å². The van der Waals surface area contributed by atoms with Crippen molar-refractivity contribution in [2.75, 3.05) is 47.5 Å². The van der Waals surface area contributed by atoms with E-state index in [0.717, 1.165) is 109 Å². The molecular weight excluding hydrogens is 1170 g/mol. The van der Waals surface area contributed by atoms with E-state index in [1.165, 1.54) is 193 Å². The van der Waals surface area contributed by atoms with Crippen LogP contribution in [0.15, 0.2) is 134 Å². The average molecular weight is 1320 g/mol. The highest BCUT2D eigenvalue weighted by Crippen LogP contribution is 2.18. The summed E-state index contributed by atoms with van der Waals surface area (Å²) in [7, 11) is 5.93. The quantitative estimate of drug-likeness (QED) is 0.0195. The molecule has 2 unspecified atom stereocenters. The maximum absolute atomic E-state index is 13.0. The number of aliphatic carboxylic acids is 1. The zero-order chi connectivity index (χ0) is 69.0. The number of quaternary nitrogens is 1. The van der Waals surface area contributed by atoms with Crippen LogP contribution in [0.3, 0.4) is 0 Å². The second-order valence-corrected chi connectivity index (χ2v) is 27.3. The van der Waals surface area contributed by atoms with Crippen LogP contribution in [-0.2, 0) is 33.3 Å². The van der Waals surface area contributed by atoms with Crippen molar-refractivity contribution in [2.45, 2.75) is 347 Å². The van der Waals surface area contributed by atoms with Crippen molar-refractivity contribution in [1.29, 1.82) is 0 Å². The molecule has 0 aliphatic heterocycles. The van der Waals surface area contributed by atoms with Gasteiger partial charge in [-0.1, -0.05) is 340 Å². The fourth-order valence-electron chi connectivity index (χ4n) is 10.9. The van der Waals surface area contributed by atoms with Crippen molar-refractivity contribution < 1.29 is 42.9 Å². The van der Waals surface area contributed by atoms with Gasteiger partial charge in [-0.05, 0) is 116 Å². The summed E-state index contributed by atoms with van der Waals surface area (Å²) in [6, 6.07) is 0. The van der Waals surface area contributed by atoms with Crippen LogP contribution >= 0.6 is 0 Å². The first kappa shape index (κ1) is 90.4. The van der Waals surface area contributed by atoms with E-state index in [1.807, 2.05) is 21.1 Å². The van der Waals surface area contributed by atoms with E-state index in [0.29, 0.717) is 17.4 Å². The lowest BCUT2D eigenvalue weighted by atomic mass is 10.0. The number of rotatable bonds is 72. The van der Waals surface area contributed by atoms with Crippen LogP contribution in [0.2, 0.25) is 0 Å². The highest BCUT2D eigenvalue weighted by molar-refractivity contribution is 5.70. The van der Waals surface area contributed by atoms with E-state index in [2.05, 4.69) is 148 Å². The second-order valence-electron chi connectivity index (χ2n) is 27.3. The summed E-state index contributed by atoms with van der Waals surface area (Å²) in [5.74, 6) is -2.29. The van der Waals surface area contributed by atoms with Gasteiger partial charge in [0.1, 0.15) is 13.2 Å². The van der Waals surface area contributed by atoms with Gasteiger partial charge in [0.25, 0.3) is 0 Å². The Balaban J connectivity index is 4.09. The lowest BCUT2D eigenvalue weighted by Crippen LogP contribution is -2.44. The molecule has 0 heterocycles. The van der Waals surface area contributed by atoms with E-state index in [1.54, 1.807) is 0 Å². The third kappa shape index (κ3) is 76.7. The molecule has 0 aliphatic carbocycles. The van der Waals surface area contributed by atoms with Crippen LogP contribution in [0.25, 0.3) is 0 Å². The molecule has 0 aliphatic rings. The number of ether oxygens (including phenoxy) is 4. The number of esters is 2. The molecule has 0 aromatic carbocycles. The third-order valence-corrected chi connectivity index (χ3v) is 16.9. The molecule has 544 valence electrons. The van der Waals surface area contributed by atoms with E-state index >= 15 is 0 Å². The van der Waals surface area contributed by atoms with Crippen molar-refractivity contribution in [3.05, 3.63) is 134 Å². The van der Waals surface area contributed by atoms with Crippen LogP contribution < -0.4 is 5.11 Å². The van der Waals surface area contributed by atoms with Gasteiger partial charge in [0, 0.05) is 12.8 Å². The Kier molecular flexibility index (Phi) is 71.6. The van der Waals surface area contributed by atoms with Crippen molar-refractivity contribution in [2.24, 2.45) is 0 Å². The van der Waals surface area contributed by atoms with Crippen molar-refractivity contribution in [3.8, 4) is 0 Å². The SMILES string of the molecule is CC/C=C\C/C=C\C/C=C\C/C=C\C/C=C\C/C=C\C/C=C\C/C=C\C/C=C\CCCCCCCCCC(=O)OC(COC(=O)CCCCCCCCCCCCCCCCCCCCCCCCC/C=C\C/C=C\CCCCCCC)COC(OCC[N+](C)(C)C)C(=O)[O-]. The zero-order valence-electron chi connectivity index (χ0n) is 62.3. The minimum atomic E-state index is -1.63. The Morgan fingerprint density at radius 3 is 0.895 bits per heavy atom. The third-order valence-electron chi connectivity index (χ3n) is 16.9. The summed E-state index contributed by atoms with van der Waals surface area (Å²) in [6.07, 6.45) is 106. The van der Waals surface area contributed by atoms with Gasteiger partial charge in [-0.3, -0.25) is 9.59 Å². The van der Waals surface area contributed by atoms with E-state index in [-0.39, 0.29) is 38.6 Å². The minimum Gasteiger partial charge on any atom is -0.545 e. The predicted octanol–water partition coefficient (Wildman–Crippen LogP) is 23.9. The van der Waals surface area contributed by atoms with Crippen LogP contribution in [-0.4, -0.2) is 82.3 Å². The topological polar surface area (TPSA) is 111 Å². The first-order chi connectivity index (χ1) is 46.6. The molecule has 0 aromatic heterocycles. The first-order valence-corrected chi connectivity index (χ1v) is 39.3. The molecule has 0 aromatic rings. The molecule has 9 heteroatoms. The fourth-order valence-corrected chi connectivity index (χ4v) is 10.9. The standard InChI is InChI=1S/C86H147NO8/c1-6-8-10-12-14-16-18-20-22-24-26-28-30-32-34-36-38-40-42-44-46-48-50-52-54-56-58-60-62-64-66-68-70-72-74-76-83(88)93-80-82(81-94-86(85(90)91)92-79-78-87(3,4)5)95-84(89)77-75-73-71-69-67-65-63-61-59-57-55-53-51-49-47-45-43-41-39-37-35-33-31-29-27-25-23-21-19-17-15-13-11-9-7-2/h9,11,15,17-18,20-21,23-24,26-27,29,33,35,39,41,45,47,51,53,57,59,82,86H,6-8,10,12-14,16,19,22,25,28,30-32,34,36-38,40,42-44,46,48-50,52,54-56,58,60-81H2,1-5H3/b11-9-,17-15-,20-18-,23-21-,26-24-,29-27-,35-33-,41-39-,47-45-,53-51-,59-57-. The molecule has 2 atom stereocenters. The number of carboxylic acid groups (broad SMARTS) is 1. The molecule has 0 N–H and O–H groups in total. The van der Waals surface area contributed by atoms with Gasteiger partial charge < -0.3 is 33.3 Å². The van der Waals surface area contributed by atoms with Gasteiger partial charge in [0.15, 0.2) is 12.4 Å². The summed E-state index contributed by atoms with van der Waals surface area (Å²) in [5, 5.41) is 11.9. The molecule has 0 rings (SSSR count). The van der Waals surface area contributed by atoms with Gasteiger partial charge in [-0.25, -0.2) is 0 Å². The van der Waals surface area contributed by atoms with Gasteiger partial charge in [-0.15, -0.1) is 0 Å². The molecule has 0 fully saturated rings. The number of hydrogen-bond acceptors (Lipinski definition) is 8. The number of carbonyl (C=O) groups excluding carboxylic acids is 3. The number of hydrogen-bond donors (Lipinski definition) is 0. The Bertz CT molecular complexity index is 2030. The molecule has 0 bridgehead atoms. The lowest BCUT2D eigenvalue weighted by Gasteiger charge is -2.26. The number of allylic oxidation sites excluding steroid dienone is 22. The van der Waals surface area contributed by atoms with E-state index in [4.69, 9.17) is 18.9 Å². The monoisotopic (exact) mass is 1320 g/mol. The van der Waals surface area contributed by atoms with E-state index < -0.39 is 24.3 Å². The maximum Gasteiger partial charge on any atom is 0.306 e. The Morgan fingerprint density at radius 1 is 0.326 bits per heavy atom. The predicted molar refractivity (Wildman–Crippen MR) is 407 cm³/mol. The minimum absolute atomic E-state index is 0.140. The summed E-state index contributed by atoms with van der Waals surface area (Å²) < 4.78 is 22.8. The first-order valence-electron chi connectivity index (χ1n) is 39.3. The zero-order valence-corrected chi connectivity index (χ0v) is 62.3. The number of unbranched alkanes of at least 4 members (excludes halogenated alkanes) is 35. The van der Waals surface area contributed by atoms with Gasteiger partial charge in [0.05, 0.1) is 40.3 Å². The molecule has 0 saturated heterocycles. The molecule has 9 nitrogen and oxygen atoms in total. The fraction of sp³-hybridized carbons (Fsp3) is 0.709. The summed E-state index contributed by atoms with van der Waals surface area (Å²) in [5.41, 5.74) is 0. The smallest absolute Gasteiger partial charge is 0.306 e. The molecule has 0 amide bonds. The van der Waals surface area contributed by atoms with Crippen LogP contribution in [0.5, 0.6) is 0 Å². The Labute approximate surface area is 586 Å². The molecule has 0 radical (unpaired) electrons. The number of carboxylic acids is 1. The van der Waals surface area contributed by atoms with Crippen molar-refractivity contribution in [3.63, 3.8) is 0 Å². The Morgan fingerprint density at radius 2 is 0.600 bits per heavy atom. The van der Waals surface area contributed by atoms with Crippen LogP contribution in [0.1, 0.15) is 335 Å². The summed E-state index contributed by atoms with van der Waals surface area (Å²) in [4.78, 5) is 37.6. The lowest BCUT2D eigenvalue weighted by molar-refractivity contribution is -0.870. The van der Waals surface area contributed by atoms with Crippen LogP contribution in [0, 0.1) is 0 Å². The second kappa shape index (κ2) is 75.2. The normalized spacial score (nSPS) is 13.4. The largest absolute Gasteiger partial charge is 0.545 e. The average Bonchev–Trinajstić information content (AvgIpc) is 3.58. The summed E-state index contributed by atoms with van der Waals surface area (Å²) in [6.45, 7) is 4.63. The highest BCUT2D eigenvalue weighted by atomic mass is 16.7. The van der Waals surface area contributed by atoms with Gasteiger partial charge in [0.2, 0.25) is 0 Å². The number of nitrogens with zero attached hydrogens (tertiary/aromatic N) is 1. The van der Waals surface area contributed by atoms with Crippen molar-refractivity contribution in [1.82, 2.24) is 0 Å². The number of carbonyl (C=O) groups is 3. The Hall–Kier alpha value is -4.57. The van der Waals surface area contributed by atoms with Crippen molar-refractivity contribution >= 4 is 17.9 Å². The van der Waals surface area contributed by atoms with E-state index in [9.17, 15) is 19.5 Å². The summed E-state index contributed by atoms with van der Waals surface area (Å²) >= 11 is 0. The molecule has 0 saturated carbocycles. The molecular formula is C86H147NO8.